The van der Waals surface area contributed by atoms with E-state index in [1.807, 2.05) is 6.92 Å². The number of hydrogen-bond acceptors (Lipinski definition) is 1. The first-order valence-electron chi connectivity index (χ1n) is 5.59. The summed E-state index contributed by atoms with van der Waals surface area (Å²) >= 11 is 0. The molecule has 1 N–H and O–H groups in total. The lowest BCUT2D eigenvalue weighted by atomic mass is 10.0. The highest BCUT2D eigenvalue weighted by Crippen LogP contribution is 2.10. The number of rotatable bonds is 5. The zero-order valence-electron chi connectivity index (χ0n) is 9.86. The highest BCUT2D eigenvalue weighted by molar-refractivity contribution is 5.80. The predicted octanol–water partition coefficient (Wildman–Crippen LogP) is 3.21. The lowest BCUT2D eigenvalue weighted by Crippen LogP contribution is -1.92. The molecule has 0 aliphatic carbocycles. The number of allylic oxidation sites excluding steroid dienone is 1. The molecule has 2 nitrogen and oxygen atoms in total. The van der Waals surface area contributed by atoms with Gasteiger partial charge in [-0.15, -0.1) is 0 Å². The number of aliphatic carboxylic acids is 1. The van der Waals surface area contributed by atoms with E-state index in [1.54, 1.807) is 0 Å². The molecule has 0 aromatic heterocycles. The van der Waals surface area contributed by atoms with Crippen LogP contribution in [0.15, 0.2) is 35.9 Å². The first kappa shape index (κ1) is 12.5. The molecule has 0 bridgehead atoms. The van der Waals surface area contributed by atoms with Gasteiger partial charge in [-0.05, 0) is 37.3 Å². The van der Waals surface area contributed by atoms with Crippen LogP contribution in [0.3, 0.4) is 0 Å². The van der Waals surface area contributed by atoms with Crippen LogP contribution in [0.4, 0.5) is 0 Å². The van der Waals surface area contributed by atoms with E-state index in [4.69, 9.17) is 5.11 Å². The van der Waals surface area contributed by atoms with Crippen molar-refractivity contribution in [2.24, 2.45) is 0 Å². The minimum Gasteiger partial charge on any atom is -0.478 e. The Labute approximate surface area is 96.6 Å². The van der Waals surface area contributed by atoms with Gasteiger partial charge in [-0.3, -0.25) is 0 Å². The summed E-state index contributed by atoms with van der Waals surface area (Å²) in [6.07, 6.45) is 4.04. The van der Waals surface area contributed by atoms with Gasteiger partial charge in [0, 0.05) is 6.08 Å². The van der Waals surface area contributed by atoms with Crippen LogP contribution >= 0.6 is 0 Å². The third kappa shape index (κ3) is 4.30. The van der Waals surface area contributed by atoms with Gasteiger partial charge in [0.25, 0.3) is 0 Å². The van der Waals surface area contributed by atoms with Crippen molar-refractivity contribution in [2.75, 3.05) is 0 Å². The van der Waals surface area contributed by atoms with E-state index in [2.05, 4.69) is 31.2 Å². The lowest BCUT2D eigenvalue weighted by molar-refractivity contribution is -0.131. The summed E-state index contributed by atoms with van der Waals surface area (Å²) in [7, 11) is 0. The molecular formula is C14H18O2. The Morgan fingerprint density at radius 2 is 1.81 bits per heavy atom. The fourth-order valence-corrected chi connectivity index (χ4v) is 1.57. The van der Waals surface area contributed by atoms with Gasteiger partial charge in [0.15, 0.2) is 0 Å². The molecule has 0 amide bonds. The Morgan fingerprint density at radius 3 is 2.31 bits per heavy atom. The van der Waals surface area contributed by atoms with Gasteiger partial charge < -0.3 is 5.11 Å². The highest BCUT2D eigenvalue weighted by atomic mass is 16.4. The zero-order valence-corrected chi connectivity index (χ0v) is 9.86. The van der Waals surface area contributed by atoms with E-state index >= 15 is 0 Å². The summed E-state index contributed by atoms with van der Waals surface area (Å²) < 4.78 is 0. The molecule has 2 heteroatoms. The summed E-state index contributed by atoms with van der Waals surface area (Å²) in [5.74, 6) is -0.862. The average Bonchev–Trinajstić information content (AvgIpc) is 2.26. The zero-order chi connectivity index (χ0) is 12.0. The second-order valence-corrected chi connectivity index (χ2v) is 4.00. The van der Waals surface area contributed by atoms with Gasteiger partial charge in [-0.25, -0.2) is 4.79 Å². The maximum absolute atomic E-state index is 10.4. The second-order valence-electron chi connectivity index (χ2n) is 4.00. The number of aryl methyl sites for hydroxylation is 2. The molecule has 0 saturated carbocycles. The molecule has 1 aromatic carbocycles. The van der Waals surface area contributed by atoms with E-state index in [-0.39, 0.29) is 0 Å². The maximum atomic E-state index is 10.4. The van der Waals surface area contributed by atoms with Gasteiger partial charge in [-0.2, -0.15) is 0 Å². The number of benzene rings is 1. The summed E-state index contributed by atoms with van der Waals surface area (Å²) in [6.45, 7) is 3.99. The van der Waals surface area contributed by atoms with Crippen LogP contribution in [0.1, 0.15) is 31.4 Å². The van der Waals surface area contributed by atoms with Gasteiger partial charge in [0.05, 0.1) is 0 Å². The Balaban J connectivity index is 2.51. The number of hydrogen-bond donors (Lipinski definition) is 1. The molecule has 0 aliphatic rings. The van der Waals surface area contributed by atoms with E-state index in [9.17, 15) is 4.79 Å². The first-order chi connectivity index (χ1) is 7.61. The van der Waals surface area contributed by atoms with Crippen molar-refractivity contribution in [1.29, 1.82) is 0 Å². The van der Waals surface area contributed by atoms with Crippen molar-refractivity contribution in [3.05, 3.63) is 47.0 Å². The van der Waals surface area contributed by atoms with Crippen molar-refractivity contribution in [2.45, 2.75) is 33.1 Å². The fourth-order valence-electron chi connectivity index (χ4n) is 1.57. The quantitative estimate of drug-likeness (QED) is 0.770. The molecular weight excluding hydrogens is 200 g/mol. The molecule has 0 unspecified atom stereocenters. The molecule has 16 heavy (non-hydrogen) atoms. The van der Waals surface area contributed by atoms with Crippen molar-refractivity contribution in [3.8, 4) is 0 Å². The SMILES string of the molecule is CCc1ccc(CC/C(C)=C\C(=O)O)cc1. The topological polar surface area (TPSA) is 37.3 Å². The molecule has 0 fully saturated rings. The third-order valence-electron chi connectivity index (χ3n) is 2.61. The summed E-state index contributed by atoms with van der Waals surface area (Å²) in [4.78, 5) is 10.4. The van der Waals surface area contributed by atoms with Gasteiger partial charge >= 0.3 is 5.97 Å². The van der Waals surface area contributed by atoms with E-state index in [0.717, 1.165) is 24.8 Å². The lowest BCUT2D eigenvalue weighted by Gasteiger charge is -2.03. The van der Waals surface area contributed by atoms with Gasteiger partial charge in [0.1, 0.15) is 0 Å². The molecule has 0 saturated heterocycles. The first-order valence-corrected chi connectivity index (χ1v) is 5.59. The van der Waals surface area contributed by atoms with Crippen LogP contribution in [0, 0.1) is 0 Å². The minimum absolute atomic E-state index is 0.803. The molecule has 0 spiro atoms. The smallest absolute Gasteiger partial charge is 0.328 e. The van der Waals surface area contributed by atoms with E-state index < -0.39 is 5.97 Å². The van der Waals surface area contributed by atoms with Crippen molar-refractivity contribution in [1.82, 2.24) is 0 Å². The normalized spacial score (nSPS) is 11.5. The van der Waals surface area contributed by atoms with Crippen LogP contribution in [-0.4, -0.2) is 11.1 Å². The molecule has 1 rings (SSSR count). The summed E-state index contributed by atoms with van der Waals surface area (Å²) in [5, 5.41) is 8.57. The van der Waals surface area contributed by atoms with Crippen LogP contribution in [-0.2, 0) is 17.6 Å². The molecule has 86 valence electrons. The Bertz CT molecular complexity index is 374. The van der Waals surface area contributed by atoms with Crippen LogP contribution in [0.25, 0.3) is 0 Å². The Hall–Kier alpha value is -1.57. The van der Waals surface area contributed by atoms with Gasteiger partial charge in [0.2, 0.25) is 0 Å². The van der Waals surface area contributed by atoms with Crippen molar-refractivity contribution in [3.63, 3.8) is 0 Å². The third-order valence-corrected chi connectivity index (χ3v) is 2.61. The minimum atomic E-state index is -0.862. The number of carboxylic acids is 1. The predicted molar refractivity (Wildman–Crippen MR) is 65.5 cm³/mol. The van der Waals surface area contributed by atoms with Crippen LogP contribution in [0.5, 0.6) is 0 Å². The number of carboxylic acid groups (broad SMARTS) is 1. The fraction of sp³-hybridized carbons (Fsp3) is 0.357. The Morgan fingerprint density at radius 1 is 1.25 bits per heavy atom. The number of carbonyl (C=O) groups is 1. The monoisotopic (exact) mass is 218 g/mol. The molecule has 0 heterocycles. The summed E-state index contributed by atoms with van der Waals surface area (Å²) in [6, 6.07) is 8.50. The van der Waals surface area contributed by atoms with E-state index in [1.165, 1.54) is 17.2 Å². The van der Waals surface area contributed by atoms with Crippen LogP contribution < -0.4 is 0 Å². The maximum Gasteiger partial charge on any atom is 0.328 e. The molecule has 1 aromatic rings. The largest absolute Gasteiger partial charge is 0.478 e. The summed E-state index contributed by atoms with van der Waals surface area (Å²) in [5.41, 5.74) is 3.50. The standard InChI is InChI=1S/C14H18O2/c1-3-12-6-8-13(9-7-12)5-4-11(2)10-14(15)16/h6-10H,3-5H2,1-2H3,(H,15,16)/b11-10-. The molecule has 0 aliphatic heterocycles. The van der Waals surface area contributed by atoms with Crippen LogP contribution in [0.2, 0.25) is 0 Å². The van der Waals surface area contributed by atoms with E-state index in [0.29, 0.717) is 0 Å². The highest BCUT2D eigenvalue weighted by Gasteiger charge is 1.97. The molecule has 0 atom stereocenters. The van der Waals surface area contributed by atoms with Crippen molar-refractivity contribution < 1.29 is 9.90 Å². The van der Waals surface area contributed by atoms with Crippen molar-refractivity contribution >= 4 is 5.97 Å². The average molecular weight is 218 g/mol. The Kier molecular flexibility index (Phi) is 4.77. The second kappa shape index (κ2) is 6.11. The molecule has 0 radical (unpaired) electrons. The van der Waals surface area contributed by atoms with Gasteiger partial charge in [-0.1, -0.05) is 36.8 Å².